The summed E-state index contributed by atoms with van der Waals surface area (Å²) in [7, 11) is -2.95. The molecule has 10 heterocycles. The Balaban J connectivity index is 1.09. The van der Waals surface area contributed by atoms with Gasteiger partial charge in [0, 0.05) is 49.1 Å². The molecule has 7 heteroatoms. The average Bonchev–Trinajstić information content (AvgIpc) is 4.09. The van der Waals surface area contributed by atoms with Gasteiger partial charge in [-0.25, -0.2) is 0 Å². The standard InChI is InChI=1S/C59H32N5OSi/c1-5-20-41-33(13-1)34-14-2-6-21-42(34)59(41)43-22-9-17-37-40-28-31-51-63-58(40)61(52(37)43)54-44(59)23-11-24-45(54)64(63)56-46(65-51)29-30-50-55(56)62-53-38(39-19-12-32-60(64)57(39)62)18-10-27-49(53)66(50)47-25-7-3-15-35(47)36-16-4-8-26-48(36)66/h1-32H/q+3. The van der Waals surface area contributed by atoms with E-state index in [9.17, 15) is 0 Å². The topological polar surface area (TPSA) is 26.8 Å². The van der Waals surface area contributed by atoms with Crippen LogP contribution in [0.1, 0.15) is 22.3 Å². The van der Waals surface area contributed by atoms with E-state index in [-0.39, 0.29) is 4.70 Å². The number of hydrogen-bond acceptors (Lipinski definition) is 1. The van der Waals surface area contributed by atoms with Crippen LogP contribution in [0.5, 0.6) is 11.6 Å². The van der Waals surface area contributed by atoms with Crippen LogP contribution in [0.15, 0.2) is 194 Å². The van der Waals surface area contributed by atoms with Crippen molar-refractivity contribution < 1.29 is 14.1 Å². The number of para-hydroxylation sites is 3. The van der Waals surface area contributed by atoms with Gasteiger partial charge in [-0.3, -0.25) is 0 Å². The van der Waals surface area contributed by atoms with E-state index >= 15 is 0 Å². The third kappa shape index (κ3) is 2.84. The smallest absolute Gasteiger partial charge is 0.355 e. The first kappa shape index (κ1) is 32.3. The monoisotopic (exact) mass is 854 g/mol. The summed E-state index contributed by atoms with van der Waals surface area (Å²) in [5, 5.41) is 10.8. The quantitative estimate of drug-likeness (QED) is 0.0851. The van der Waals surface area contributed by atoms with Crippen molar-refractivity contribution in [3.05, 3.63) is 217 Å². The lowest BCUT2D eigenvalue weighted by atomic mass is 9.65. The van der Waals surface area contributed by atoms with Gasteiger partial charge in [-0.15, -0.1) is 0 Å². The van der Waals surface area contributed by atoms with Gasteiger partial charge >= 0.3 is 22.9 Å². The fourth-order valence-corrected chi connectivity index (χ4v) is 20.7. The highest BCUT2D eigenvalue weighted by Gasteiger charge is 2.71. The second-order valence-corrected chi connectivity index (χ2v) is 22.9. The highest BCUT2D eigenvalue weighted by Crippen LogP contribution is 2.64. The van der Waals surface area contributed by atoms with E-state index in [4.69, 9.17) is 4.74 Å². The Morgan fingerprint density at radius 3 is 1.83 bits per heavy atom. The van der Waals surface area contributed by atoms with Gasteiger partial charge in [0.15, 0.2) is 14.3 Å². The maximum Gasteiger partial charge on any atom is 0.355 e. The molecule has 19 rings (SSSR count). The van der Waals surface area contributed by atoms with E-state index in [1.54, 1.807) is 0 Å². The molecule has 4 aromatic heterocycles. The number of fused-ring (bicyclic) bond motifs is 16. The molecule has 12 aromatic rings. The van der Waals surface area contributed by atoms with Gasteiger partial charge < -0.3 is 4.74 Å². The van der Waals surface area contributed by atoms with Gasteiger partial charge in [0.1, 0.15) is 11.0 Å². The van der Waals surface area contributed by atoms with E-state index in [2.05, 4.69) is 213 Å². The summed E-state index contributed by atoms with van der Waals surface area (Å²) in [5.41, 5.74) is 19.9. The van der Waals surface area contributed by atoms with Crippen LogP contribution in [-0.4, -0.2) is 17.2 Å². The van der Waals surface area contributed by atoms with Crippen molar-refractivity contribution in [1.82, 2.24) is 13.8 Å². The Kier molecular flexibility index (Phi) is 4.88. The Morgan fingerprint density at radius 1 is 0.439 bits per heavy atom. The van der Waals surface area contributed by atoms with Crippen LogP contribution in [0.4, 0.5) is 11.4 Å². The average molecular weight is 855 g/mol. The van der Waals surface area contributed by atoms with Crippen LogP contribution in [0.25, 0.3) is 77.5 Å². The summed E-state index contributed by atoms with van der Waals surface area (Å²) in [5.74, 6) is 1.70. The minimum absolute atomic E-state index is 0.288. The zero-order valence-corrected chi connectivity index (χ0v) is 36.1. The molecule has 0 fully saturated rings. The van der Waals surface area contributed by atoms with Crippen molar-refractivity contribution in [2.75, 3.05) is 0 Å². The minimum atomic E-state index is -2.95. The molecule has 0 N–H and O–H groups in total. The number of ether oxygens (including phenoxy) is 1. The second kappa shape index (κ2) is 9.97. The van der Waals surface area contributed by atoms with Crippen molar-refractivity contribution in [3.8, 4) is 45.3 Å². The fraction of sp³-hybridized carbons (Fsp3) is 0.0169. The first-order valence-corrected chi connectivity index (χ1v) is 25.1. The van der Waals surface area contributed by atoms with Gasteiger partial charge in [-0.2, -0.15) is 9.13 Å². The molecular formula is C59H32N5OSi+3. The summed E-state index contributed by atoms with van der Waals surface area (Å²) < 4.78 is 18.1. The van der Waals surface area contributed by atoms with Crippen LogP contribution in [0, 0.1) is 0 Å². The summed E-state index contributed by atoms with van der Waals surface area (Å²) in [6.07, 6.45) is 2.34. The van der Waals surface area contributed by atoms with Crippen molar-refractivity contribution in [2.24, 2.45) is 0 Å². The number of pyridine rings is 2. The molecule has 0 radical (unpaired) electrons. The van der Waals surface area contributed by atoms with Crippen LogP contribution in [0.3, 0.4) is 0 Å². The Hall–Kier alpha value is -8.36. The molecule has 6 nitrogen and oxygen atoms in total. The largest absolute Gasteiger partial charge is 0.412 e. The summed E-state index contributed by atoms with van der Waals surface area (Å²) >= 11 is 0. The molecule has 1 aliphatic carbocycles. The molecule has 7 aliphatic rings. The molecule has 1 atom stereocenters. The first-order valence-electron chi connectivity index (χ1n) is 23.1. The maximum atomic E-state index is 7.42. The first-order chi connectivity index (χ1) is 32.8. The summed E-state index contributed by atoms with van der Waals surface area (Å²) in [6, 6.07) is 72.4. The summed E-state index contributed by atoms with van der Waals surface area (Å²) in [4.78, 5) is 0. The lowest BCUT2D eigenvalue weighted by Gasteiger charge is -2.43. The van der Waals surface area contributed by atoms with E-state index in [1.165, 1.54) is 121 Å². The van der Waals surface area contributed by atoms with Crippen molar-refractivity contribution in [1.29, 1.82) is 0 Å². The van der Waals surface area contributed by atoms with Gasteiger partial charge in [-0.05, 0) is 84.8 Å². The van der Waals surface area contributed by atoms with Gasteiger partial charge in [0.25, 0.3) is 5.69 Å². The van der Waals surface area contributed by atoms with Crippen molar-refractivity contribution >= 4 is 84.1 Å². The minimum Gasteiger partial charge on any atom is -0.412 e. The van der Waals surface area contributed by atoms with Crippen LogP contribution >= 0.6 is 0 Å². The molecule has 0 amide bonds. The molecule has 66 heavy (non-hydrogen) atoms. The van der Waals surface area contributed by atoms with E-state index in [1.807, 2.05) is 0 Å². The number of aromatic nitrogens is 4. The molecule has 3 spiro atoms. The molecule has 1 unspecified atom stereocenters. The highest BCUT2D eigenvalue weighted by atomic mass is 28.3. The molecule has 8 aromatic carbocycles. The van der Waals surface area contributed by atoms with Crippen LogP contribution in [0.2, 0.25) is 0 Å². The van der Waals surface area contributed by atoms with E-state index < -0.39 is 13.5 Å². The normalized spacial score (nSPS) is 18.1. The number of nitrogens with zero attached hydrogens (tertiary/aromatic N) is 5. The van der Waals surface area contributed by atoms with Crippen LogP contribution < -0.4 is 39.5 Å². The third-order valence-corrected chi connectivity index (χ3v) is 22.0. The van der Waals surface area contributed by atoms with Crippen molar-refractivity contribution in [3.63, 3.8) is 0 Å². The second-order valence-electron chi connectivity index (χ2n) is 19.3. The summed E-state index contributed by atoms with van der Waals surface area (Å²) in [6.45, 7) is 0. The lowest BCUT2D eigenvalue weighted by Crippen LogP contribution is -2.87. The molecule has 0 saturated carbocycles. The predicted molar refractivity (Wildman–Crippen MR) is 261 cm³/mol. The zero-order valence-electron chi connectivity index (χ0n) is 35.1. The molecular weight excluding hydrogens is 823 g/mol. The van der Waals surface area contributed by atoms with E-state index in [0.717, 1.165) is 23.0 Å². The van der Waals surface area contributed by atoms with Gasteiger partial charge in [0.2, 0.25) is 17.1 Å². The van der Waals surface area contributed by atoms with Crippen LogP contribution in [-0.2, 0) is 5.41 Å². The fourth-order valence-electron chi connectivity index (χ4n) is 15.2. The van der Waals surface area contributed by atoms with Crippen molar-refractivity contribution in [2.45, 2.75) is 5.41 Å². The molecule has 300 valence electrons. The molecule has 0 saturated heterocycles. The molecule has 0 bridgehead atoms. The number of rotatable bonds is 0. The van der Waals surface area contributed by atoms with Gasteiger partial charge in [-0.1, -0.05) is 140 Å². The Morgan fingerprint density at radius 2 is 1.05 bits per heavy atom. The third-order valence-electron chi connectivity index (χ3n) is 17.1. The number of benzene rings is 8. The number of hydrogen-bond donors (Lipinski definition) is 0. The highest BCUT2D eigenvalue weighted by molar-refractivity contribution is 7.23. The number of quaternary nitrogens is 1. The maximum absolute atomic E-state index is 7.42. The zero-order chi connectivity index (χ0) is 42.2. The molecule has 6 aliphatic heterocycles. The van der Waals surface area contributed by atoms with Gasteiger partial charge in [0.05, 0.1) is 20.9 Å². The predicted octanol–water partition coefficient (Wildman–Crippen LogP) is 9.10. The Labute approximate surface area is 377 Å². The Bertz CT molecular complexity index is 4390. The SMILES string of the molecule is c1ccc2c(c1)-c1ccccc1C21c2cccc3c2-n2c4c1cccc4c1ccc4[n+](c12)[N+]31c2c(ccc3c2-n2c5c(cccc5c5ccc[n+]1c52)[Si]31c2ccccc2-c2ccccc21)O4. The lowest BCUT2D eigenvalue weighted by molar-refractivity contribution is -1.02. The van der Waals surface area contributed by atoms with E-state index in [0.29, 0.717) is 0 Å².